The Balaban J connectivity index is 2.06. The molecule has 3 N–H and O–H groups in total. The van der Waals surface area contributed by atoms with Crippen molar-refractivity contribution >= 4 is 16.7 Å². The molecule has 1 aromatic heterocycles. The summed E-state index contributed by atoms with van der Waals surface area (Å²) in [6, 6.07) is 10.6. The maximum absolute atomic E-state index is 5.73. The zero-order chi connectivity index (χ0) is 13.0. The summed E-state index contributed by atoms with van der Waals surface area (Å²) in [5, 5.41) is 4.58. The summed E-state index contributed by atoms with van der Waals surface area (Å²) in [6.07, 6.45) is 2.12. The van der Waals surface area contributed by atoms with Gasteiger partial charge in [-0.05, 0) is 44.4 Å². The number of hydrogen-bond acceptors (Lipinski definition) is 3. The largest absolute Gasteiger partial charge is 0.370 e. The van der Waals surface area contributed by atoms with E-state index in [4.69, 9.17) is 5.73 Å². The van der Waals surface area contributed by atoms with Crippen LogP contribution in [0.25, 0.3) is 10.9 Å². The second-order valence-electron chi connectivity index (χ2n) is 4.89. The van der Waals surface area contributed by atoms with Gasteiger partial charge in [-0.1, -0.05) is 18.2 Å². The topological polar surface area (TPSA) is 50.9 Å². The lowest BCUT2D eigenvalue weighted by Gasteiger charge is -2.10. The predicted octanol–water partition coefficient (Wildman–Crippen LogP) is 3.08. The minimum atomic E-state index is 0.275. The predicted molar refractivity (Wildman–Crippen MR) is 77.9 cm³/mol. The first-order valence-corrected chi connectivity index (χ1v) is 6.52. The van der Waals surface area contributed by atoms with E-state index in [1.165, 1.54) is 10.9 Å². The molecule has 1 unspecified atom stereocenters. The highest BCUT2D eigenvalue weighted by atomic mass is 15.0. The van der Waals surface area contributed by atoms with Gasteiger partial charge in [-0.25, -0.2) is 4.98 Å². The smallest absolute Gasteiger partial charge is 0.129 e. The standard InChI is InChI=1S/C15H21N3/c1-11-10-13-7-3-4-8-14(13)18-15(11)17-9-5-6-12(2)16/h3-4,7-8,10,12H,5-6,9,16H2,1-2H3,(H,17,18). The summed E-state index contributed by atoms with van der Waals surface area (Å²) in [7, 11) is 0. The Morgan fingerprint density at radius 2 is 2.11 bits per heavy atom. The van der Waals surface area contributed by atoms with Gasteiger partial charge >= 0.3 is 0 Å². The van der Waals surface area contributed by atoms with Crippen molar-refractivity contribution < 1.29 is 0 Å². The van der Waals surface area contributed by atoms with Gasteiger partial charge in [0.25, 0.3) is 0 Å². The van der Waals surface area contributed by atoms with Crippen molar-refractivity contribution in [1.82, 2.24) is 4.98 Å². The molecule has 0 aliphatic rings. The number of para-hydroxylation sites is 1. The number of anilines is 1. The molecule has 3 heteroatoms. The minimum Gasteiger partial charge on any atom is -0.370 e. The minimum absolute atomic E-state index is 0.275. The van der Waals surface area contributed by atoms with Crippen LogP contribution in [0.2, 0.25) is 0 Å². The molecule has 2 rings (SSSR count). The zero-order valence-corrected chi connectivity index (χ0v) is 11.1. The van der Waals surface area contributed by atoms with Crippen molar-refractivity contribution in [3.63, 3.8) is 0 Å². The van der Waals surface area contributed by atoms with E-state index >= 15 is 0 Å². The SMILES string of the molecule is Cc1cc2ccccc2nc1NCCCC(C)N. The van der Waals surface area contributed by atoms with Crippen LogP contribution in [-0.4, -0.2) is 17.6 Å². The van der Waals surface area contributed by atoms with E-state index in [0.29, 0.717) is 0 Å². The molecule has 0 fully saturated rings. The van der Waals surface area contributed by atoms with E-state index in [1.54, 1.807) is 0 Å². The van der Waals surface area contributed by atoms with Crippen molar-refractivity contribution in [2.45, 2.75) is 32.7 Å². The van der Waals surface area contributed by atoms with E-state index < -0.39 is 0 Å². The fraction of sp³-hybridized carbons (Fsp3) is 0.400. The summed E-state index contributed by atoms with van der Waals surface area (Å²) in [4.78, 5) is 4.65. The molecule has 1 aromatic carbocycles. The first-order chi connectivity index (χ1) is 8.66. The van der Waals surface area contributed by atoms with Crippen LogP contribution < -0.4 is 11.1 Å². The Labute approximate surface area is 108 Å². The number of aromatic nitrogens is 1. The van der Waals surface area contributed by atoms with Crippen LogP contribution in [0, 0.1) is 6.92 Å². The third-order valence-corrected chi connectivity index (χ3v) is 3.04. The van der Waals surface area contributed by atoms with E-state index in [2.05, 4.69) is 29.4 Å². The molecule has 0 spiro atoms. The van der Waals surface area contributed by atoms with Crippen molar-refractivity contribution in [3.05, 3.63) is 35.9 Å². The summed E-state index contributed by atoms with van der Waals surface area (Å²) in [6.45, 7) is 5.06. The molecule has 96 valence electrons. The molecular weight excluding hydrogens is 222 g/mol. The number of aryl methyl sites for hydroxylation is 1. The number of nitrogens with one attached hydrogen (secondary N) is 1. The van der Waals surface area contributed by atoms with Crippen molar-refractivity contribution in [1.29, 1.82) is 0 Å². The van der Waals surface area contributed by atoms with E-state index in [-0.39, 0.29) is 6.04 Å². The van der Waals surface area contributed by atoms with Crippen LogP contribution in [0.3, 0.4) is 0 Å². The number of benzene rings is 1. The van der Waals surface area contributed by atoms with E-state index in [1.807, 2.05) is 25.1 Å². The number of rotatable bonds is 5. The molecule has 1 heterocycles. The van der Waals surface area contributed by atoms with E-state index in [9.17, 15) is 0 Å². The van der Waals surface area contributed by atoms with Gasteiger partial charge in [0.15, 0.2) is 0 Å². The van der Waals surface area contributed by atoms with Crippen LogP contribution in [-0.2, 0) is 0 Å². The average molecular weight is 243 g/mol. The van der Waals surface area contributed by atoms with Crippen molar-refractivity contribution in [2.75, 3.05) is 11.9 Å². The zero-order valence-electron chi connectivity index (χ0n) is 11.1. The summed E-state index contributed by atoms with van der Waals surface area (Å²) >= 11 is 0. The Morgan fingerprint density at radius 1 is 1.33 bits per heavy atom. The number of nitrogens with two attached hydrogens (primary N) is 1. The molecule has 0 saturated carbocycles. The van der Waals surface area contributed by atoms with Gasteiger partial charge in [-0.3, -0.25) is 0 Å². The number of nitrogens with zero attached hydrogens (tertiary/aromatic N) is 1. The molecule has 18 heavy (non-hydrogen) atoms. The average Bonchev–Trinajstić information content (AvgIpc) is 2.34. The fourth-order valence-electron chi connectivity index (χ4n) is 2.03. The number of pyridine rings is 1. The van der Waals surface area contributed by atoms with Crippen LogP contribution in [0.1, 0.15) is 25.3 Å². The van der Waals surface area contributed by atoms with Gasteiger partial charge in [0, 0.05) is 18.0 Å². The highest BCUT2D eigenvalue weighted by Crippen LogP contribution is 2.19. The van der Waals surface area contributed by atoms with Crippen LogP contribution in [0.4, 0.5) is 5.82 Å². The lowest BCUT2D eigenvalue weighted by molar-refractivity contribution is 0.639. The molecule has 0 saturated heterocycles. The van der Waals surface area contributed by atoms with Crippen molar-refractivity contribution in [3.8, 4) is 0 Å². The van der Waals surface area contributed by atoms with Gasteiger partial charge in [0.05, 0.1) is 5.52 Å². The Bertz CT molecular complexity index is 520. The maximum atomic E-state index is 5.73. The first-order valence-electron chi connectivity index (χ1n) is 6.52. The normalized spacial score (nSPS) is 12.6. The molecule has 1 atom stereocenters. The third kappa shape index (κ3) is 3.20. The van der Waals surface area contributed by atoms with Gasteiger partial charge < -0.3 is 11.1 Å². The number of fused-ring (bicyclic) bond motifs is 1. The van der Waals surface area contributed by atoms with Crippen LogP contribution >= 0.6 is 0 Å². The number of hydrogen-bond donors (Lipinski definition) is 2. The van der Waals surface area contributed by atoms with Crippen molar-refractivity contribution in [2.24, 2.45) is 5.73 Å². The quantitative estimate of drug-likeness (QED) is 0.793. The third-order valence-electron chi connectivity index (χ3n) is 3.04. The Morgan fingerprint density at radius 3 is 2.89 bits per heavy atom. The fourth-order valence-corrected chi connectivity index (χ4v) is 2.03. The second-order valence-corrected chi connectivity index (χ2v) is 4.89. The van der Waals surface area contributed by atoms with Gasteiger partial charge in [-0.2, -0.15) is 0 Å². The molecular formula is C15H21N3. The molecule has 0 bridgehead atoms. The molecule has 2 aromatic rings. The lowest BCUT2D eigenvalue weighted by atomic mass is 10.1. The maximum Gasteiger partial charge on any atom is 0.129 e. The summed E-state index contributed by atoms with van der Waals surface area (Å²) in [5.41, 5.74) is 7.96. The summed E-state index contributed by atoms with van der Waals surface area (Å²) < 4.78 is 0. The molecule has 0 aliphatic heterocycles. The lowest BCUT2D eigenvalue weighted by Crippen LogP contribution is -2.16. The molecule has 0 aliphatic carbocycles. The first kappa shape index (κ1) is 12.8. The molecule has 0 radical (unpaired) electrons. The van der Waals surface area contributed by atoms with Gasteiger partial charge in [0.2, 0.25) is 0 Å². The highest BCUT2D eigenvalue weighted by Gasteiger charge is 2.02. The van der Waals surface area contributed by atoms with Crippen LogP contribution in [0.5, 0.6) is 0 Å². The highest BCUT2D eigenvalue weighted by molar-refractivity contribution is 5.81. The van der Waals surface area contributed by atoms with Gasteiger partial charge in [0.1, 0.15) is 5.82 Å². The Hall–Kier alpha value is -1.61. The second kappa shape index (κ2) is 5.83. The van der Waals surface area contributed by atoms with E-state index in [0.717, 1.165) is 30.7 Å². The molecule has 0 amide bonds. The summed E-state index contributed by atoms with van der Waals surface area (Å²) in [5.74, 6) is 0.985. The van der Waals surface area contributed by atoms with Crippen LogP contribution in [0.15, 0.2) is 30.3 Å². The monoisotopic (exact) mass is 243 g/mol. The van der Waals surface area contributed by atoms with Gasteiger partial charge in [-0.15, -0.1) is 0 Å². The Kier molecular flexibility index (Phi) is 4.15. The molecule has 3 nitrogen and oxygen atoms in total.